The van der Waals surface area contributed by atoms with Gasteiger partial charge in [0.15, 0.2) is 0 Å². The fraction of sp³-hybridized carbons (Fsp3) is 0.190. The first kappa shape index (κ1) is 17.4. The van der Waals surface area contributed by atoms with Crippen LogP contribution in [0.3, 0.4) is 0 Å². The number of aliphatic hydroxyl groups is 1. The summed E-state index contributed by atoms with van der Waals surface area (Å²) in [5.41, 5.74) is 2.23. The Balaban J connectivity index is 1.67. The molecule has 1 amide bonds. The van der Waals surface area contributed by atoms with Crippen molar-refractivity contribution >= 4 is 17.2 Å². The highest BCUT2D eigenvalue weighted by atomic mass is 32.1. The van der Waals surface area contributed by atoms with E-state index in [1.54, 1.807) is 0 Å². The summed E-state index contributed by atoms with van der Waals surface area (Å²) in [6.45, 7) is 0.232. The van der Waals surface area contributed by atoms with E-state index < -0.39 is 6.10 Å². The maximum Gasteiger partial charge on any atom is 0.221 e. The van der Waals surface area contributed by atoms with Gasteiger partial charge < -0.3 is 10.4 Å². The highest BCUT2D eigenvalue weighted by Gasteiger charge is 2.19. The smallest absolute Gasteiger partial charge is 0.221 e. The lowest BCUT2D eigenvalue weighted by atomic mass is 9.88. The Bertz CT molecular complexity index is 733. The Morgan fingerprint density at radius 2 is 1.52 bits per heavy atom. The molecule has 3 rings (SSSR count). The van der Waals surface area contributed by atoms with Crippen LogP contribution in [0.5, 0.6) is 0 Å². The van der Waals surface area contributed by atoms with Crippen molar-refractivity contribution < 1.29 is 9.90 Å². The normalized spacial score (nSPS) is 12.1. The van der Waals surface area contributed by atoms with Gasteiger partial charge in [0.25, 0.3) is 0 Å². The summed E-state index contributed by atoms with van der Waals surface area (Å²) < 4.78 is 0. The van der Waals surface area contributed by atoms with Gasteiger partial charge in [0.1, 0.15) is 6.10 Å². The molecule has 0 radical (unpaired) electrons. The van der Waals surface area contributed by atoms with Crippen molar-refractivity contribution in [2.45, 2.75) is 18.4 Å². The number of amides is 1. The number of hydrogen-bond donors (Lipinski definition) is 2. The van der Waals surface area contributed by atoms with E-state index in [-0.39, 0.29) is 18.4 Å². The lowest BCUT2D eigenvalue weighted by molar-refractivity contribution is -0.121. The molecule has 1 atom stereocenters. The van der Waals surface area contributed by atoms with Crippen molar-refractivity contribution in [3.8, 4) is 0 Å². The fourth-order valence-corrected chi connectivity index (χ4v) is 3.56. The summed E-state index contributed by atoms with van der Waals surface area (Å²) in [5.74, 6) is -0.0606. The van der Waals surface area contributed by atoms with E-state index in [0.717, 1.165) is 16.0 Å². The number of rotatable bonds is 7. The van der Waals surface area contributed by atoms with Gasteiger partial charge in [-0.15, -0.1) is 11.3 Å². The Morgan fingerprint density at radius 3 is 2.04 bits per heavy atom. The first-order chi connectivity index (χ1) is 12.2. The van der Waals surface area contributed by atoms with Gasteiger partial charge in [0, 0.05) is 23.8 Å². The van der Waals surface area contributed by atoms with Crippen LogP contribution in [0.25, 0.3) is 0 Å². The maximum absolute atomic E-state index is 12.5. The van der Waals surface area contributed by atoms with Crippen LogP contribution in [0.2, 0.25) is 0 Å². The minimum atomic E-state index is -0.657. The zero-order chi connectivity index (χ0) is 17.5. The van der Waals surface area contributed by atoms with Crippen molar-refractivity contribution in [2.24, 2.45) is 0 Å². The minimum absolute atomic E-state index is 0.00119. The van der Waals surface area contributed by atoms with Crippen molar-refractivity contribution in [1.82, 2.24) is 5.32 Å². The molecule has 0 aliphatic carbocycles. The van der Waals surface area contributed by atoms with Crippen LogP contribution in [-0.4, -0.2) is 17.6 Å². The molecule has 0 saturated carbocycles. The van der Waals surface area contributed by atoms with Crippen LogP contribution in [-0.2, 0) is 4.79 Å². The third-order valence-electron chi connectivity index (χ3n) is 4.16. The molecule has 0 bridgehead atoms. The number of hydrogen-bond acceptors (Lipinski definition) is 3. The first-order valence-electron chi connectivity index (χ1n) is 8.32. The summed E-state index contributed by atoms with van der Waals surface area (Å²) in [7, 11) is 0. The summed E-state index contributed by atoms with van der Waals surface area (Å²) in [5, 5.41) is 14.9. The van der Waals surface area contributed by atoms with Crippen LogP contribution in [0.1, 0.15) is 34.4 Å². The number of thiophene rings is 1. The van der Waals surface area contributed by atoms with E-state index in [1.807, 2.05) is 78.2 Å². The second kappa shape index (κ2) is 8.60. The molecule has 3 aromatic rings. The van der Waals surface area contributed by atoms with Gasteiger partial charge in [0.2, 0.25) is 5.91 Å². The second-order valence-electron chi connectivity index (χ2n) is 5.91. The van der Waals surface area contributed by atoms with Crippen LogP contribution < -0.4 is 5.32 Å². The van der Waals surface area contributed by atoms with E-state index in [0.29, 0.717) is 6.42 Å². The Labute approximate surface area is 152 Å². The number of aliphatic hydroxyl groups excluding tert-OH is 1. The predicted molar refractivity (Wildman–Crippen MR) is 102 cm³/mol. The van der Waals surface area contributed by atoms with Crippen molar-refractivity contribution in [3.05, 3.63) is 94.2 Å². The maximum atomic E-state index is 12.5. The first-order valence-corrected chi connectivity index (χ1v) is 9.20. The van der Waals surface area contributed by atoms with Crippen molar-refractivity contribution in [1.29, 1.82) is 0 Å². The topological polar surface area (TPSA) is 49.3 Å². The fourth-order valence-electron chi connectivity index (χ4n) is 2.85. The molecule has 2 N–H and O–H groups in total. The zero-order valence-corrected chi connectivity index (χ0v) is 14.7. The van der Waals surface area contributed by atoms with Crippen molar-refractivity contribution in [3.63, 3.8) is 0 Å². The van der Waals surface area contributed by atoms with Gasteiger partial charge in [-0.2, -0.15) is 0 Å². The molecule has 3 nitrogen and oxygen atoms in total. The number of carbonyl (C=O) groups is 1. The average molecular weight is 351 g/mol. The molecule has 1 heterocycles. The molecule has 0 saturated heterocycles. The van der Waals surface area contributed by atoms with Crippen LogP contribution in [0.15, 0.2) is 78.2 Å². The molecule has 128 valence electrons. The van der Waals surface area contributed by atoms with Gasteiger partial charge in [-0.05, 0) is 22.6 Å². The van der Waals surface area contributed by atoms with Crippen molar-refractivity contribution in [2.75, 3.05) is 6.54 Å². The van der Waals surface area contributed by atoms with Gasteiger partial charge in [-0.25, -0.2) is 0 Å². The third-order valence-corrected chi connectivity index (χ3v) is 5.13. The summed E-state index contributed by atoms with van der Waals surface area (Å²) in [4.78, 5) is 13.3. The summed E-state index contributed by atoms with van der Waals surface area (Å²) >= 11 is 1.49. The minimum Gasteiger partial charge on any atom is -0.386 e. The molecular formula is C21H21NO2S. The van der Waals surface area contributed by atoms with Gasteiger partial charge in [-0.3, -0.25) is 4.79 Å². The van der Waals surface area contributed by atoms with Crippen LogP contribution in [0, 0.1) is 0 Å². The second-order valence-corrected chi connectivity index (χ2v) is 6.89. The summed E-state index contributed by atoms with van der Waals surface area (Å²) in [6.07, 6.45) is -0.304. The quantitative estimate of drug-likeness (QED) is 0.673. The monoisotopic (exact) mass is 351 g/mol. The Hall–Kier alpha value is -2.43. The van der Waals surface area contributed by atoms with Crippen LogP contribution >= 0.6 is 11.3 Å². The molecule has 25 heavy (non-hydrogen) atoms. The third kappa shape index (κ3) is 4.78. The van der Waals surface area contributed by atoms with Gasteiger partial charge in [0.05, 0.1) is 0 Å². The highest BCUT2D eigenvalue weighted by molar-refractivity contribution is 7.10. The van der Waals surface area contributed by atoms with E-state index in [2.05, 4.69) is 5.32 Å². The Kier molecular flexibility index (Phi) is 5.99. The SMILES string of the molecule is O=C(CC(c1ccccc1)c1ccccc1)NC[C@H](O)c1cccs1. The molecule has 0 fully saturated rings. The molecule has 0 aliphatic heterocycles. The van der Waals surface area contributed by atoms with Gasteiger partial charge >= 0.3 is 0 Å². The predicted octanol–water partition coefficient (Wildman–Crippen LogP) is 4.12. The number of nitrogens with one attached hydrogen (secondary N) is 1. The standard InChI is InChI=1S/C21H21NO2S/c23-19(20-12-7-13-25-20)15-22-21(24)14-18(16-8-3-1-4-9-16)17-10-5-2-6-11-17/h1-13,18-19,23H,14-15H2,(H,22,24)/t19-/m0/s1. The number of carbonyl (C=O) groups excluding carboxylic acids is 1. The lowest BCUT2D eigenvalue weighted by Crippen LogP contribution is -2.29. The molecule has 0 aliphatic rings. The molecular weight excluding hydrogens is 330 g/mol. The van der Waals surface area contributed by atoms with Gasteiger partial charge in [-0.1, -0.05) is 66.7 Å². The lowest BCUT2D eigenvalue weighted by Gasteiger charge is -2.18. The highest BCUT2D eigenvalue weighted by Crippen LogP contribution is 2.27. The number of benzene rings is 2. The average Bonchev–Trinajstić information content (AvgIpc) is 3.20. The Morgan fingerprint density at radius 1 is 0.920 bits per heavy atom. The molecule has 2 aromatic carbocycles. The van der Waals surface area contributed by atoms with E-state index >= 15 is 0 Å². The molecule has 0 spiro atoms. The van der Waals surface area contributed by atoms with Crippen LogP contribution in [0.4, 0.5) is 0 Å². The molecule has 4 heteroatoms. The zero-order valence-electron chi connectivity index (χ0n) is 13.8. The molecule has 0 unspecified atom stereocenters. The van der Waals surface area contributed by atoms with E-state index in [1.165, 1.54) is 11.3 Å². The van der Waals surface area contributed by atoms with E-state index in [4.69, 9.17) is 0 Å². The molecule has 1 aromatic heterocycles. The summed E-state index contributed by atoms with van der Waals surface area (Å²) in [6, 6.07) is 23.9. The largest absolute Gasteiger partial charge is 0.386 e. The van der Waals surface area contributed by atoms with E-state index in [9.17, 15) is 9.90 Å².